The lowest BCUT2D eigenvalue weighted by Crippen LogP contribution is -2.25. The van der Waals surface area contributed by atoms with Crippen molar-refractivity contribution in [2.75, 3.05) is 13.1 Å². The van der Waals surface area contributed by atoms with Crippen LogP contribution >= 0.6 is 0 Å². The van der Waals surface area contributed by atoms with E-state index in [-0.39, 0.29) is 13.2 Å². The highest BCUT2D eigenvalue weighted by Gasteiger charge is 2.34. The van der Waals surface area contributed by atoms with E-state index < -0.39 is 18.1 Å². The number of esters is 1. The first-order chi connectivity index (χ1) is 7.77. The van der Waals surface area contributed by atoms with Crippen LogP contribution in [0.4, 0.5) is 4.39 Å². The van der Waals surface area contributed by atoms with Crippen molar-refractivity contribution < 1.29 is 13.9 Å². The number of carbonyl (C=O) groups excluding carboxylic acids is 1. The Labute approximate surface area is 93.6 Å². The summed E-state index contributed by atoms with van der Waals surface area (Å²) >= 11 is 0. The Kier molecular flexibility index (Phi) is 3.51. The Hall–Kier alpha value is -1.42. The van der Waals surface area contributed by atoms with Gasteiger partial charge in [-0.3, -0.25) is 4.79 Å². The van der Waals surface area contributed by atoms with Crippen LogP contribution in [-0.2, 0) is 16.1 Å². The Morgan fingerprint density at radius 1 is 1.38 bits per heavy atom. The molecule has 1 N–H and O–H groups in total. The molecule has 0 bridgehead atoms. The van der Waals surface area contributed by atoms with E-state index in [0.717, 1.165) is 5.56 Å². The number of halogens is 1. The maximum atomic E-state index is 13.2. The second-order valence-electron chi connectivity index (χ2n) is 3.87. The maximum absolute atomic E-state index is 13.2. The molecule has 0 radical (unpaired) electrons. The molecule has 2 atom stereocenters. The summed E-state index contributed by atoms with van der Waals surface area (Å²) in [5.41, 5.74) is 0.914. The van der Waals surface area contributed by atoms with Gasteiger partial charge < -0.3 is 10.1 Å². The minimum absolute atomic E-state index is 0.211. The van der Waals surface area contributed by atoms with Gasteiger partial charge in [0.1, 0.15) is 18.7 Å². The van der Waals surface area contributed by atoms with Gasteiger partial charge in [-0.2, -0.15) is 0 Å². The summed E-state index contributed by atoms with van der Waals surface area (Å²) in [6.07, 6.45) is -1.12. The molecule has 1 aliphatic rings. The van der Waals surface area contributed by atoms with E-state index >= 15 is 0 Å². The van der Waals surface area contributed by atoms with Crippen LogP contribution in [0.15, 0.2) is 30.3 Å². The monoisotopic (exact) mass is 223 g/mol. The number of alkyl halides is 1. The second kappa shape index (κ2) is 5.07. The average molecular weight is 223 g/mol. The van der Waals surface area contributed by atoms with Gasteiger partial charge in [0.05, 0.1) is 0 Å². The third-order valence-corrected chi connectivity index (χ3v) is 2.67. The molecule has 1 aromatic carbocycles. The fourth-order valence-corrected chi connectivity index (χ4v) is 1.71. The fourth-order valence-electron chi connectivity index (χ4n) is 1.71. The van der Waals surface area contributed by atoms with Gasteiger partial charge in [0, 0.05) is 13.1 Å². The largest absolute Gasteiger partial charge is 0.460 e. The number of rotatable bonds is 3. The highest BCUT2D eigenvalue weighted by atomic mass is 19.1. The van der Waals surface area contributed by atoms with Crippen LogP contribution in [0.25, 0.3) is 0 Å². The molecule has 4 heteroatoms. The smallest absolute Gasteiger partial charge is 0.313 e. The molecule has 1 fully saturated rings. The van der Waals surface area contributed by atoms with Gasteiger partial charge in [-0.25, -0.2) is 4.39 Å². The standard InChI is InChI=1S/C12H14FNO2/c13-11-7-14-6-10(11)12(15)16-8-9-4-2-1-3-5-9/h1-5,10-11,14H,6-8H2. The first-order valence-corrected chi connectivity index (χ1v) is 5.32. The molecule has 86 valence electrons. The van der Waals surface area contributed by atoms with Crippen LogP contribution in [0.5, 0.6) is 0 Å². The normalized spacial score (nSPS) is 24.3. The minimum Gasteiger partial charge on any atom is -0.460 e. The van der Waals surface area contributed by atoms with Gasteiger partial charge in [0.25, 0.3) is 0 Å². The van der Waals surface area contributed by atoms with E-state index in [0.29, 0.717) is 6.54 Å². The summed E-state index contributed by atoms with van der Waals surface area (Å²) in [4.78, 5) is 11.5. The summed E-state index contributed by atoms with van der Waals surface area (Å²) in [7, 11) is 0. The molecule has 0 aliphatic carbocycles. The zero-order valence-electron chi connectivity index (χ0n) is 8.86. The third kappa shape index (κ3) is 2.58. The molecule has 1 aliphatic heterocycles. The first-order valence-electron chi connectivity index (χ1n) is 5.32. The summed E-state index contributed by atoms with van der Waals surface area (Å²) < 4.78 is 18.3. The van der Waals surface area contributed by atoms with Gasteiger partial charge >= 0.3 is 5.97 Å². The maximum Gasteiger partial charge on any atom is 0.313 e. The van der Waals surface area contributed by atoms with Crippen LogP contribution in [0.3, 0.4) is 0 Å². The number of hydrogen-bond donors (Lipinski definition) is 1. The molecule has 2 rings (SSSR count). The number of benzene rings is 1. The van der Waals surface area contributed by atoms with Gasteiger partial charge in [0.15, 0.2) is 0 Å². The highest BCUT2D eigenvalue weighted by molar-refractivity contribution is 5.73. The topological polar surface area (TPSA) is 38.3 Å². The molecule has 2 unspecified atom stereocenters. The minimum atomic E-state index is -1.12. The molecule has 1 saturated heterocycles. The lowest BCUT2D eigenvalue weighted by Gasteiger charge is -2.11. The number of nitrogens with one attached hydrogen (secondary N) is 1. The van der Waals surface area contributed by atoms with Crippen molar-refractivity contribution >= 4 is 5.97 Å². The molecule has 0 spiro atoms. The van der Waals surface area contributed by atoms with Crippen molar-refractivity contribution in [2.45, 2.75) is 12.8 Å². The van der Waals surface area contributed by atoms with E-state index in [1.165, 1.54) is 0 Å². The summed E-state index contributed by atoms with van der Waals surface area (Å²) in [6.45, 7) is 0.822. The Bertz CT molecular complexity index is 355. The number of hydrogen-bond acceptors (Lipinski definition) is 3. The van der Waals surface area contributed by atoms with Gasteiger partial charge in [-0.1, -0.05) is 30.3 Å². The summed E-state index contributed by atoms with van der Waals surface area (Å²) in [5.74, 6) is -1.11. The number of carbonyl (C=O) groups is 1. The molecule has 1 heterocycles. The highest BCUT2D eigenvalue weighted by Crippen LogP contribution is 2.15. The van der Waals surface area contributed by atoms with E-state index in [9.17, 15) is 9.18 Å². The zero-order chi connectivity index (χ0) is 11.4. The Morgan fingerprint density at radius 2 is 2.12 bits per heavy atom. The van der Waals surface area contributed by atoms with Crippen LogP contribution < -0.4 is 5.32 Å². The lowest BCUT2D eigenvalue weighted by molar-refractivity contribution is -0.150. The van der Waals surface area contributed by atoms with E-state index in [1.807, 2.05) is 30.3 Å². The van der Waals surface area contributed by atoms with Crippen molar-refractivity contribution in [3.63, 3.8) is 0 Å². The van der Waals surface area contributed by atoms with E-state index in [2.05, 4.69) is 5.32 Å². The molecular formula is C12H14FNO2. The Balaban J connectivity index is 1.84. The quantitative estimate of drug-likeness (QED) is 0.785. The second-order valence-corrected chi connectivity index (χ2v) is 3.87. The molecule has 0 amide bonds. The number of ether oxygens (including phenoxy) is 1. The summed E-state index contributed by atoms with van der Waals surface area (Å²) in [5, 5.41) is 2.83. The fraction of sp³-hybridized carbons (Fsp3) is 0.417. The van der Waals surface area contributed by atoms with E-state index in [1.54, 1.807) is 0 Å². The molecule has 0 aromatic heterocycles. The molecular weight excluding hydrogens is 209 g/mol. The van der Waals surface area contributed by atoms with Crippen LogP contribution in [0.2, 0.25) is 0 Å². The average Bonchev–Trinajstić information content (AvgIpc) is 2.74. The predicted molar refractivity (Wildman–Crippen MR) is 57.5 cm³/mol. The van der Waals surface area contributed by atoms with Crippen molar-refractivity contribution in [1.82, 2.24) is 5.32 Å². The molecule has 1 aromatic rings. The van der Waals surface area contributed by atoms with Gasteiger partial charge in [-0.15, -0.1) is 0 Å². The van der Waals surface area contributed by atoms with Crippen LogP contribution in [0.1, 0.15) is 5.56 Å². The van der Waals surface area contributed by atoms with Crippen molar-refractivity contribution in [2.24, 2.45) is 5.92 Å². The van der Waals surface area contributed by atoms with Crippen molar-refractivity contribution in [3.8, 4) is 0 Å². The van der Waals surface area contributed by atoms with Crippen LogP contribution in [0, 0.1) is 5.92 Å². The van der Waals surface area contributed by atoms with Crippen molar-refractivity contribution in [1.29, 1.82) is 0 Å². The van der Waals surface area contributed by atoms with E-state index in [4.69, 9.17) is 4.74 Å². The van der Waals surface area contributed by atoms with Crippen molar-refractivity contribution in [3.05, 3.63) is 35.9 Å². The molecule has 0 saturated carbocycles. The van der Waals surface area contributed by atoms with Gasteiger partial charge in [0.2, 0.25) is 0 Å². The lowest BCUT2D eigenvalue weighted by atomic mass is 10.1. The third-order valence-electron chi connectivity index (χ3n) is 2.67. The molecule has 16 heavy (non-hydrogen) atoms. The van der Waals surface area contributed by atoms with Gasteiger partial charge in [-0.05, 0) is 5.56 Å². The van der Waals surface area contributed by atoms with Crippen LogP contribution in [-0.4, -0.2) is 25.2 Å². The first kappa shape index (κ1) is 11.1. The predicted octanol–water partition coefficient (Wildman–Crippen LogP) is 1.29. The summed E-state index contributed by atoms with van der Waals surface area (Å²) in [6, 6.07) is 9.38. The molecule has 3 nitrogen and oxygen atoms in total. The SMILES string of the molecule is O=C(OCc1ccccc1)C1CNCC1F. The zero-order valence-corrected chi connectivity index (χ0v) is 8.86. The Morgan fingerprint density at radius 3 is 2.75 bits per heavy atom.